The summed E-state index contributed by atoms with van der Waals surface area (Å²) in [5.74, 6) is -0.315. The molecule has 1 saturated carbocycles. The van der Waals surface area contributed by atoms with Crippen molar-refractivity contribution < 1.29 is 33.6 Å². The number of aliphatic carboxylic acids is 1. The largest absolute Gasteiger partial charge is 0.481 e. The van der Waals surface area contributed by atoms with Crippen molar-refractivity contribution in [1.29, 1.82) is 0 Å². The highest BCUT2D eigenvalue weighted by molar-refractivity contribution is 8.71. The number of hydrogen-bond donors (Lipinski definition) is 5. The lowest BCUT2D eigenvalue weighted by atomic mass is 9.85. The minimum atomic E-state index is -2.85. The van der Waals surface area contributed by atoms with Gasteiger partial charge in [0.05, 0.1) is 18.3 Å². The maximum atomic E-state index is 10.5. The Kier molecular flexibility index (Phi) is 16.2. The van der Waals surface area contributed by atoms with E-state index in [1.165, 1.54) is 11.8 Å². The summed E-state index contributed by atoms with van der Waals surface area (Å²) >= 11 is 0. The van der Waals surface area contributed by atoms with Gasteiger partial charge < -0.3 is 26.2 Å². The Morgan fingerprint density at radius 1 is 1.14 bits per heavy atom. The molecular formula is C26H43NO7S2. The summed E-state index contributed by atoms with van der Waals surface area (Å²) in [7, 11) is -1.97. The number of allylic oxidation sites excluding steroid dienone is 2. The first kappa shape index (κ1) is 32.6. The number of rotatable bonds is 15. The van der Waals surface area contributed by atoms with Crippen LogP contribution in [0.1, 0.15) is 56.9 Å². The molecule has 1 aromatic rings. The molecule has 0 saturated heterocycles. The predicted octanol–water partition coefficient (Wildman–Crippen LogP) is 2.96. The second-order valence-corrected chi connectivity index (χ2v) is 13.8. The molecule has 1 aliphatic rings. The third kappa shape index (κ3) is 15.0. The van der Waals surface area contributed by atoms with Gasteiger partial charge in [-0.2, -0.15) is 0 Å². The minimum absolute atomic E-state index is 0.00736. The maximum Gasteiger partial charge on any atom is 0.303 e. The van der Waals surface area contributed by atoms with Crippen molar-refractivity contribution in [2.75, 3.05) is 18.6 Å². The standard InChI is InChI=1S/C23H34O5.C3H9NO2S2/c24-18(13-12-17-8-4-3-5-9-17)14-15-20-19(21(25)16-22(20)26)10-6-1-2-7-11-23(27)28;1-8(5,6)7-3-2-4/h1,3-6,8-9,18-22,24-26H,2,7,10-16H2,(H,27,28);2-4H2,1H3/t18-,19+,20+,21-,22+;/m0./s1. The van der Waals surface area contributed by atoms with E-state index >= 15 is 0 Å². The molecule has 1 aliphatic carbocycles. The van der Waals surface area contributed by atoms with Crippen LogP contribution in [0.3, 0.4) is 0 Å². The van der Waals surface area contributed by atoms with Crippen molar-refractivity contribution in [1.82, 2.24) is 0 Å². The Hall–Kier alpha value is -1.43. The summed E-state index contributed by atoms with van der Waals surface area (Å²) in [6, 6.07) is 10.1. The average Bonchev–Trinajstić information content (AvgIpc) is 3.09. The van der Waals surface area contributed by atoms with Crippen LogP contribution in [0.4, 0.5) is 0 Å². The van der Waals surface area contributed by atoms with E-state index in [0.29, 0.717) is 57.2 Å². The van der Waals surface area contributed by atoms with Crippen LogP contribution in [-0.2, 0) is 20.1 Å². The van der Waals surface area contributed by atoms with Crippen molar-refractivity contribution in [3.63, 3.8) is 0 Å². The molecule has 2 rings (SSSR count). The van der Waals surface area contributed by atoms with Crippen LogP contribution in [-0.4, -0.2) is 71.7 Å². The van der Waals surface area contributed by atoms with E-state index in [1.54, 1.807) is 0 Å². The van der Waals surface area contributed by atoms with E-state index in [9.17, 15) is 28.5 Å². The number of carbonyl (C=O) groups is 1. The van der Waals surface area contributed by atoms with Crippen LogP contribution in [0.25, 0.3) is 0 Å². The first-order valence-electron chi connectivity index (χ1n) is 12.5. The lowest BCUT2D eigenvalue weighted by Crippen LogP contribution is -2.23. The average molecular weight is 546 g/mol. The number of aliphatic hydroxyl groups excluding tert-OH is 3. The second kappa shape index (κ2) is 17.9. The molecule has 0 amide bonds. The van der Waals surface area contributed by atoms with Gasteiger partial charge in [0.2, 0.25) is 0 Å². The van der Waals surface area contributed by atoms with Gasteiger partial charge in [-0.3, -0.25) is 4.79 Å². The zero-order valence-corrected chi connectivity index (χ0v) is 22.7. The summed E-state index contributed by atoms with van der Waals surface area (Å²) in [5.41, 5.74) is 6.26. The minimum Gasteiger partial charge on any atom is -0.481 e. The van der Waals surface area contributed by atoms with Gasteiger partial charge in [-0.05, 0) is 79.6 Å². The van der Waals surface area contributed by atoms with Crippen LogP contribution in [0, 0.1) is 11.8 Å². The monoisotopic (exact) mass is 545 g/mol. The molecule has 0 bridgehead atoms. The molecule has 1 aromatic carbocycles. The van der Waals surface area contributed by atoms with E-state index in [-0.39, 0.29) is 18.3 Å². The van der Waals surface area contributed by atoms with Gasteiger partial charge in [-0.1, -0.05) is 42.5 Å². The number of aliphatic hydroxyl groups is 3. The maximum absolute atomic E-state index is 10.5. The van der Waals surface area contributed by atoms with Crippen LogP contribution in [0.5, 0.6) is 0 Å². The van der Waals surface area contributed by atoms with E-state index in [0.717, 1.165) is 17.2 Å². The van der Waals surface area contributed by atoms with Gasteiger partial charge >= 0.3 is 5.97 Å². The predicted molar refractivity (Wildman–Crippen MR) is 145 cm³/mol. The highest BCUT2D eigenvalue weighted by Gasteiger charge is 2.40. The van der Waals surface area contributed by atoms with Gasteiger partial charge in [0.25, 0.3) is 0 Å². The number of unbranched alkanes of at least 4 members (excludes halogenated alkanes) is 1. The SMILES string of the molecule is CS(=O)(=O)SCCN.O=C(O)CCCC=CC[C@@H]1[C@@H](CC[C@@H](O)CCc2ccccc2)[C@H](O)C[C@@H]1O. The fraction of sp³-hybridized carbons (Fsp3) is 0.654. The second-order valence-electron chi connectivity index (χ2n) is 9.26. The fourth-order valence-corrected chi connectivity index (χ4v) is 5.95. The van der Waals surface area contributed by atoms with Gasteiger partial charge in [-0.25, -0.2) is 8.42 Å². The molecule has 0 unspecified atom stereocenters. The molecule has 6 N–H and O–H groups in total. The molecule has 206 valence electrons. The zero-order chi connectivity index (χ0) is 27.0. The Labute approximate surface area is 219 Å². The Morgan fingerprint density at radius 3 is 2.39 bits per heavy atom. The normalized spacial score (nSPS) is 22.8. The molecular weight excluding hydrogens is 502 g/mol. The molecule has 0 spiro atoms. The zero-order valence-electron chi connectivity index (χ0n) is 21.1. The lowest BCUT2D eigenvalue weighted by Gasteiger charge is -2.23. The van der Waals surface area contributed by atoms with Crippen molar-refractivity contribution >= 4 is 25.6 Å². The van der Waals surface area contributed by atoms with Gasteiger partial charge in [0.1, 0.15) is 0 Å². The van der Waals surface area contributed by atoms with E-state index in [2.05, 4.69) is 12.1 Å². The Bertz CT molecular complexity index is 864. The lowest BCUT2D eigenvalue weighted by molar-refractivity contribution is -0.137. The molecule has 0 aliphatic heterocycles. The fourth-order valence-electron chi connectivity index (χ4n) is 4.35. The van der Waals surface area contributed by atoms with E-state index < -0.39 is 33.2 Å². The van der Waals surface area contributed by atoms with Crippen molar-refractivity contribution in [3.8, 4) is 0 Å². The molecule has 10 heteroatoms. The van der Waals surface area contributed by atoms with Crippen molar-refractivity contribution in [3.05, 3.63) is 48.0 Å². The number of carboxylic acids is 1. The number of aryl methyl sites for hydroxylation is 1. The highest BCUT2D eigenvalue weighted by atomic mass is 33.1. The van der Waals surface area contributed by atoms with Crippen molar-refractivity contribution in [2.24, 2.45) is 17.6 Å². The van der Waals surface area contributed by atoms with E-state index in [4.69, 9.17) is 10.8 Å². The molecule has 36 heavy (non-hydrogen) atoms. The number of nitrogens with two attached hydrogens (primary N) is 1. The van der Waals surface area contributed by atoms with Crippen molar-refractivity contribution in [2.45, 2.75) is 76.1 Å². The molecule has 0 heterocycles. The number of carboxylic acid groups (broad SMARTS) is 1. The third-order valence-corrected chi connectivity index (χ3v) is 8.83. The summed E-state index contributed by atoms with van der Waals surface area (Å²) in [6.07, 6.45) is 9.09. The number of hydrogen-bond acceptors (Lipinski definition) is 8. The highest BCUT2D eigenvalue weighted by Crippen LogP contribution is 2.38. The van der Waals surface area contributed by atoms with Crippen LogP contribution >= 0.6 is 10.8 Å². The van der Waals surface area contributed by atoms with Crippen LogP contribution < -0.4 is 5.73 Å². The molecule has 0 radical (unpaired) electrons. The van der Waals surface area contributed by atoms with Gasteiger partial charge in [0.15, 0.2) is 8.87 Å². The summed E-state index contributed by atoms with van der Waals surface area (Å²) in [6.45, 7) is 0.414. The number of benzene rings is 1. The van der Waals surface area contributed by atoms with Crippen LogP contribution in [0.15, 0.2) is 42.5 Å². The van der Waals surface area contributed by atoms with Crippen LogP contribution in [0.2, 0.25) is 0 Å². The summed E-state index contributed by atoms with van der Waals surface area (Å²) < 4.78 is 20.6. The summed E-state index contributed by atoms with van der Waals surface area (Å²) in [5, 5.41) is 39.6. The molecule has 5 atom stereocenters. The molecule has 0 aromatic heterocycles. The molecule has 8 nitrogen and oxygen atoms in total. The Morgan fingerprint density at radius 2 is 1.81 bits per heavy atom. The quantitative estimate of drug-likeness (QED) is 0.127. The first-order chi connectivity index (χ1) is 17.0. The smallest absolute Gasteiger partial charge is 0.303 e. The van der Waals surface area contributed by atoms with Gasteiger partial charge in [-0.15, -0.1) is 0 Å². The van der Waals surface area contributed by atoms with E-state index in [1.807, 2.05) is 30.4 Å². The van der Waals surface area contributed by atoms with Gasteiger partial charge in [0, 0.05) is 25.0 Å². The third-order valence-electron chi connectivity index (χ3n) is 6.22. The Balaban J connectivity index is 0.000000697. The topological polar surface area (TPSA) is 158 Å². The molecule has 1 fully saturated rings. The summed E-state index contributed by atoms with van der Waals surface area (Å²) in [4.78, 5) is 10.5. The first-order valence-corrected chi connectivity index (χ1v) is 15.9.